The van der Waals surface area contributed by atoms with E-state index in [1.807, 2.05) is 4.90 Å². The van der Waals surface area contributed by atoms with E-state index in [4.69, 9.17) is 14.2 Å². The second-order valence-corrected chi connectivity index (χ2v) is 4.82. The molecule has 1 aliphatic heterocycles. The number of nitrogens with zero attached hydrogens (tertiary/aromatic N) is 1. The smallest absolute Gasteiger partial charge is 0.260 e. The maximum absolute atomic E-state index is 12.1. The minimum Gasteiger partial charge on any atom is -0.496 e. The molecule has 0 aliphatic carbocycles. The summed E-state index contributed by atoms with van der Waals surface area (Å²) in [4.78, 5) is 14.0. The largest absolute Gasteiger partial charge is 0.496 e. The summed E-state index contributed by atoms with van der Waals surface area (Å²) in [6, 6.07) is 5.23. The first kappa shape index (κ1) is 15.4. The van der Waals surface area contributed by atoms with Gasteiger partial charge in [-0.2, -0.15) is 0 Å². The first-order chi connectivity index (χ1) is 10.2. The van der Waals surface area contributed by atoms with Crippen molar-refractivity contribution in [1.82, 2.24) is 10.2 Å². The average Bonchev–Trinajstić information content (AvgIpc) is 2.81. The van der Waals surface area contributed by atoms with Crippen molar-refractivity contribution in [2.24, 2.45) is 0 Å². The molecule has 0 saturated carbocycles. The van der Waals surface area contributed by atoms with E-state index in [2.05, 4.69) is 5.32 Å². The van der Waals surface area contributed by atoms with Crippen LogP contribution in [-0.2, 0) is 4.79 Å². The van der Waals surface area contributed by atoms with Crippen molar-refractivity contribution in [3.05, 3.63) is 18.2 Å². The fraction of sp³-hybridized carbons (Fsp3) is 0.533. The third-order valence-electron chi connectivity index (χ3n) is 3.38. The molecule has 1 heterocycles. The number of hydrogen-bond donors (Lipinski definition) is 1. The number of nitrogens with one attached hydrogen (secondary N) is 1. The third kappa shape index (κ3) is 4.53. The van der Waals surface area contributed by atoms with Gasteiger partial charge in [0.1, 0.15) is 17.2 Å². The lowest BCUT2D eigenvalue weighted by Crippen LogP contribution is -2.37. The molecule has 1 saturated heterocycles. The third-order valence-corrected chi connectivity index (χ3v) is 3.38. The van der Waals surface area contributed by atoms with Crippen LogP contribution in [0.3, 0.4) is 0 Å². The maximum atomic E-state index is 12.1. The topological polar surface area (TPSA) is 60.0 Å². The standard InChI is InChI=1S/C15H22N2O4/c1-19-12-8-13(20-2)10-14(9-12)21-11-15(18)17-6-3-4-16-5-7-17/h8-10,16H,3-7,11H2,1-2H3. The number of methoxy groups -OCH3 is 2. The Kier molecular flexibility index (Phi) is 5.68. The zero-order chi connectivity index (χ0) is 15.1. The highest BCUT2D eigenvalue weighted by Crippen LogP contribution is 2.27. The van der Waals surface area contributed by atoms with Gasteiger partial charge < -0.3 is 24.4 Å². The van der Waals surface area contributed by atoms with Gasteiger partial charge in [-0.15, -0.1) is 0 Å². The summed E-state index contributed by atoms with van der Waals surface area (Å²) >= 11 is 0. The molecule has 1 aromatic carbocycles. The van der Waals surface area contributed by atoms with Crippen LogP contribution in [0.2, 0.25) is 0 Å². The van der Waals surface area contributed by atoms with E-state index in [9.17, 15) is 4.79 Å². The number of benzene rings is 1. The number of carbonyl (C=O) groups is 1. The zero-order valence-electron chi connectivity index (χ0n) is 12.6. The molecule has 1 N–H and O–H groups in total. The minimum atomic E-state index is 0.000451. The van der Waals surface area contributed by atoms with Crippen molar-refractivity contribution in [3.63, 3.8) is 0 Å². The van der Waals surface area contributed by atoms with Gasteiger partial charge in [-0.1, -0.05) is 0 Å². The van der Waals surface area contributed by atoms with Gasteiger partial charge in [0.15, 0.2) is 6.61 Å². The number of rotatable bonds is 5. The molecule has 1 aliphatic rings. The number of amides is 1. The van der Waals surface area contributed by atoms with Gasteiger partial charge in [0.2, 0.25) is 0 Å². The van der Waals surface area contributed by atoms with Crippen LogP contribution in [-0.4, -0.2) is 57.8 Å². The SMILES string of the molecule is COc1cc(OC)cc(OCC(=O)N2CCCNCC2)c1. The fourth-order valence-corrected chi connectivity index (χ4v) is 2.20. The summed E-state index contributed by atoms with van der Waals surface area (Å²) in [5.41, 5.74) is 0. The van der Waals surface area contributed by atoms with Crippen molar-refractivity contribution in [2.45, 2.75) is 6.42 Å². The fourth-order valence-electron chi connectivity index (χ4n) is 2.20. The molecule has 2 rings (SSSR count). The van der Waals surface area contributed by atoms with Crippen LogP contribution in [0.4, 0.5) is 0 Å². The van der Waals surface area contributed by atoms with Crippen molar-refractivity contribution in [3.8, 4) is 17.2 Å². The van der Waals surface area contributed by atoms with E-state index < -0.39 is 0 Å². The minimum absolute atomic E-state index is 0.000451. The monoisotopic (exact) mass is 294 g/mol. The maximum Gasteiger partial charge on any atom is 0.260 e. The van der Waals surface area contributed by atoms with Crippen LogP contribution >= 0.6 is 0 Å². The Labute approximate surface area is 125 Å². The zero-order valence-corrected chi connectivity index (χ0v) is 12.6. The number of hydrogen-bond acceptors (Lipinski definition) is 5. The summed E-state index contributed by atoms with van der Waals surface area (Å²) in [5.74, 6) is 1.83. The van der Waals surface area contributed by atoms with E-state index in [1.54, 1.807) is 32.4 Å². The molecular weight excluding hydrogens is 272 g/mol. The van der Waals surface area contributed by atoms with Crippen LogP contribution < -0.4 is 19.5 Å². The Balaban J connectivity index is 1.93. The molecule has 1 amide bonds. The molecule has 0 aromatic heterocycles. The second kappa shape index (κ2) is 7.73. The Bertz CT molecular complexity index is 448. The predicted octanol–water partition coefficient (Wildman–Crippen LogP) is 0.904. The van der Waals surface area contributed by atoms with E-state index in [0.29, 0.717) is 17.2 Å². The summed E-state index contributed by atoms with van der Waals surface area (Å²) in [5, 5.41) is 3.27. The van der Waals surface area contributed by atoms with E-state index in [1.165, 1.54) is 0 Å². The van der Waals surface area contributed by atoms with Crippen molar-refractivity contribution in [1.29, 1.82) is 0 Å². The highest BCUT2D eigenvalue weighted by Gasteiger charge is 2.16. The Morgan fingerprint density at radius 3 is 2.43 bits per heavy atom. The van der Waals surface area contributed by atoms with Crippen LogP contribution in [0.5, 0.6) is 17.2 Å². The van der Waals surface area contributed by atoms with Crippen LogP contribution in [0, 0.1) is 0 Å². The van der Waals surface area contributed by atoms with Crippen molar-refractivity contribution < 1.29 is 19.0 Å². The first-order valence-electron chi connectivity index (χ1n) is 7.07. The van der Waals surface area contributed by atoms with Gasteiger partial charge in [-0.3, -0.25) is 4.79 Å². The highest BCUT2D eigenvalue weighted by molar-refractivity contribution is 5.77. The molecule has 6 nitrogen and oxygen atoms in total. The highest BCUT2D eigenvalue weighted by atomic mass is 16.5. The number of ether oxygens (including phenoxy) is 3. The lowest BCUT2D eigenvalue weighted by Gasteiger charge is -2.20. The van der Waals surface area contributed by atoms with Crippen LogP contribution in [0.1, 0.15) is 6.42 Å². The molecule has 116 valence electrons. The molecular formula is C15H22N2O4. The molecule has 0 atom stereocenters. The second-order valence-electron chi connectivity index (χ2n) is 4.82. The van der Waals surface area contributed by atoms with Gasteiger partial charge in [-0.05, 0) is 13.0 Å². The molecule has 0 spiro atoms. The molecule has 6 heteroatoms. The van der Waals surface area contributed by atoms with E-state index in [-0.39, 0.29) is 12.5 Å². The first-order valence-corrected chi connectivity index (χ1v) is 7.07. The molecule has 21 heavy (non-hydrogen) atoms. The quantitative estimate of drug-likeness (QED) is 0.874. The lowest BCUT2D eigenvalue weighted by molar-refractivity contribution is -0.133. The summed E-state index contributed by atoms with van der Waals surface area (Å²) in [7, 11) is 3.15. The summed E-state index contributed by atoms with van der Waals surface area (Å²) in [6.45, 7) is 3.31. The Morgan fingerprint density at radius 1 is 1.10 bits per heavy atom. The van der Waals surface area contributed by atoms with Gasteiger partial charge in [0.25, 0.3) is 5.91 Å². The van der Waals surface area contributed by atoms with E-state index in [0.717, 1.165) is 32.6 Å². The van der Waals surface area contributed by atoms with Crippen molar-refractivity contribution in [2.75, 3.05) is 47.0 Å². The summed E-state index contributed by atoms with van der Waals surface area (Å²) in [6.07, 6.45) is 0.971. The van der Waals surface area contributed by atoms with Gasteiger partial charge in [-0.25, -0.2) is 0 Å². The predicted molar refractivity (Wildman–Crippen MR) is 79.1 cm³/mol. The molecule has 1 aromatic rings. The number of carbonyl (C=O) groups excluding carboxylic acids is 1. The Hall–Kier alpha value is -1.95. The molecule has 1 fully saturated rings. The molecule has 0 radical (unpaired) electrons. The summed E-state index contributed by atoms with van der Waals surface area (Å²) < 4.78 is 15.9. The van der Waals surface area contributed by atoms with Gasteiger partial charge in [0.05, 0.1) is 14.2 Å². The lowest BCUT2D eigenvalue weighted by atomic mass is 10.3. The van der Waals surface area contributed by atoms with Gasteiger partial charge >= 0.3 is 0 Å². The van der Waals surface area contributed by atoms with Crippen LogP contribution in [0.25, 0.3) is 0 Å². The van der Waals surface area contributed by atoms with Crippen molar-refractivity contribution >= 4 is 5.91 Å². The van der Waals surface area contributed by atoms with E-state index >= 15 is 0 Å². The average molecular weight is 294 g/mol. The Morgan fingerprint density at radius 2 is 1.76 bits per heavy atom. The van der Waals surface area contributed by atoms with Gasteiger partial charge in [0, 0.05) is 37.8 Å². The van der Waals surface area contributed by atoms with Crippen LogP contribution in [0.15, 0.2) is 18.2 Å². The molecule has 0 unspecified atom stereocenters. The molecule has 0 bridgehead atoms. The normalized spacial score (nSPS) is 15.2.